The topological polar surface area (TPSA) is 9.23 Å². The molecule has 1 nitrogen and oxygen atoms in total. The summed E-state index contributed by atoms with van der Waals surface area (Å²) in [6.45, 7) is 0.563. The third-order valence-electron chi connectivity index (χ3n) is 5.16. The van der Waals surface area contributed by atoms with Crippen LogP contribution in [-0.2, 0) is 11.3 Å². The fraction of sp³-hybridized carbons (Fsp3) is 0.200. The Balaban J connectivity index is 1.46. The minimum absolute atomic E-state index is 0.157. The van der Waals surface area contributed by atoms with Crippen LogP contribution in [0.2, 0.25) is 0 Å². The van der Waals surface area contributed by atoms with Gasteiger partial charge < -0.3 is 4.74 Å². The zero-order valence-electron chi connectivity index (χ0n) is 14.8. The summed E-state index contributed by atoms with van der Waals surface area (Å²) in [5.74, 6) is 3.22. The lowest BCUT2D eigenvalue weighted by molar-refractivity contribution is 0.0708. The Bertz CT molecular complexity index is 875. The van der Waals surface area contributed by atoms with E-state index in [9.17, 15) is 0 Å². The van der Waals surface area contributed by atoms with E-state index in [-0.39, 0.29) is 6.10 Å². The average Bonchev–Trinajstić information content (AvgIpc) is 3.03. The van der Waals surface area contributed by atoms with Gasteiger partial charge in [-0.25, -0.2) is 0 Å². The second-order valence-corrected chi connectivity index (χ2v) is 6.76. The van der Waals surface area contributed by atoms with Gasteiger partial charge in [-0.3, -0.25) is 0 Å². The molecular weight excluding hydrogens is 316 g/mol. The Morgan fingerprint density at radius 1 is 0.808 bits per heavy atom. The largest absolute Gasteiger partial charge is 0.361 e. The predicted molar refractivity (Wildman–Crippen MR) is 107 cm³/mol. The SMILES string of the molecule is C#CC(CCC1c2ccccc2-c2ccccc21)OCc1ccccc1. The van der Waals surface area contributed by atoms with E-state index in [4.69, 9.17) is 11.2 Å². The molecule has 1 atom stereocenters. The highest BCUT2D eigenvalue weighted by atomic mass is 16.5. The van der Waals surface area contributed by atoms with Crippen LogP contribution in [0.5, 0.6) is 0 Å². The lowest BCUT2D eigenvalue weighted by atomic mass is 9.91. The van der Waals surface area contributed by atoms with Crippen molar-refractivity contribution in [1.29, 1.82) is 0 Å². The molecule has 4 rings (SSSR count). The van der Waals surface area contributed by atoms with Crippen molar-refractivity contribution in [2.24, 2.45) is 0 Å². The Morgan fingerprint density at radius 2 is 1.38 bits per heavy atom. The summed E-state index contributed by atoms with van der Waals surface area (Å²) < 4.78 is 5.98. The molecule has 26 heavy (non-hydrogen) atoms. The number of rotatable bonds is 6. The predicted octanol–water partition coefficient (Wildman–Crippen LogP) is 5.80. The summed E-state index contributed by atoms with van der Waals surface area (Å²) in [4.78, 5) is 0. The van der Waals surface area contributed by atoms with E-state index in [1.807, 2.05) is 18.2 Å². The van der Waals surface area contributed by atoms with E-state index in [1.165, 1.54) is 22.3 Å². The molecule has 0 spiro atoms. The van der Waals surface area contributed by atoms with Crippen LogP contribution in [0.3, 0.4) is 0 Å². The van der Waals surface area contributed by atoms with E-state index in [2.05, 4.69) is 66.6 Å². The summed E-state index contributed by atoms with van der Waals surface area (Å²) in [6, 6.07) is 27.6. The number of hydrogen-bond acceptors (Lipinski definition) is 1. The van der Waals surface area contributed by atoms with Crippen LogP contribution in [0.25, 0.3) is 11.1 Å². The Hall–Kier alpha value is -2.82. The number of terminal acetylenes is 1. The van der Waals surface area contributed by atoms with Crippen molar-refractivity contribution in [2.45, 2.75) is 31.5 Å². The highest BCUT2D eigenvalue weighted by Crippen LogP contribution is 2.46. The molecule has 1 unspecified atom stereocenters. The van der Waals surface area contributed by atoms with Crippen molar-refractivity contribution < 1.29 is 4.74 Å². The van der Waals surface area contributed by atoms with Crippen LogP contribution in [0, 0.1) is 12.3 Å². The van der Waals surface area contributed by atoms with Crippen LogP contribution in [0.15, 0.2) is 78.9 Å². The molecule has 0 heterocycles. The molecule has 1 aliphatic carbocycles. The van der Waals surface area contributed by atoms with Gasteiger partial charge in [0.1, 0.15) is 6.10 Å². The molecule has 0 amide bonds. The average molecular weight is 338 g/mol. The van der Waals surface area contributed by atoms with Gasteiger partial charge in [0.15, 0.2) is 0 Å². The maximum atomic E-state index is 5.98. The quantitative estimate of drug-likeness (QED) is 0.516. The van der Waals surface area contributed by atoms with Gasteiger partial charge in [0.25, 0.3) is 0 Å². The summed E-state index contributed by atoms with van der Waals surface area (Å²) in [7, 11) is 0. The van der Waals surface area contributed by atoms with Gasteiger partial charge in [0.2, 0.25) is 0 Å². The Labute approximate surface area is 155 Å². The fourth-order valence-corrected chi connectivity index (χ4v) is 3.87. The van der Waals surface area contributed by atoms with Gasteiger partial charge in [-0.15, -0.1) is 6.42 Å². The maximum absolute atomic E-state index is 5.98. The van der Waals surface area contributed by atoms with Crippen molar-refractivity contribution in [3.8, 4) is 23.5 Å². The summed E-state index contributed by atoms with van der Waals surface area (Å²) in [5.41, 5.74) is 6.69. The first-order valence-corrected chi connectivity index (χ1v) is 9.16. The van der Waals surface area contributed by atoms with E-state index in [0.717, 1.165) is 18.4 Å². The Kier molecular flexibility index (Phi) is 4.86. The van der Waals surface area contributed by atoms with Crippen molar-refractivity contribution in [3.05, 3.63) is 95.6 Å². The molecule has 128 valence electrons. The van der Waals surface area contributed by atoms with Gasteiger partial charge in [0.05, 0.1) is 6.61 Å². The molecule has 3 aromatic carbocycles. The molecule has 0 aliphatic heterocycles. The summed E-state index contributed by atoms with van der Waals surface area (Å²) in [6.07, 6.45) is 7.43. The zero-order chi connectivity index (χ0) is 17.8. The number of ether oxygens (including phenoxy) is 1. The number of fused-ring (bicyclic) bond motifs is 3. The zero-order valence-corrected chi connectivity index (χ0v) is 14.8. The van der Waals surface area contributed by atoms with Crippen LogP contribution in [0.4, 0.5) is 0 Å². The molecule has 0 aromatic heterocycles. The van der Waals surface area contributed by atoms with Gasteiger partial charge in [0, 0.05) is 5.92 Å². The van der Waals surface area contributed by atoms with E-state index in [0.29, 0.717) is 12.5 Å². The highest BCUT2D eigenvalue weighted by Gasteiger charge is 2.28. The van der Waals surface area contributed by atoms with Gasteiger partial charge in [-0.2, -0.15) is 0 Å². The van der Waals surface area contributed by atoms with Crippen LogP contribution < -0.4 is 0 Å². The minimum atomic E-state index is -0.157. The van der Waals surface area contributed by atoms with E-state index in [1.54, 1.807) is 0 Å². The molecule has 1 aliphatic rings. The van der Waals surface area contributed by atoms with E-state index >= 15 is 0 Å². The Morgan fingerprint density at radius 3 is 2.00 bits per heavy atom. The number of hydrogen-bond donors (Lipinski definition) is 0. The fourth-order valence-electron chi connectivity index (χ4n) is 3.87. The second kappa shape index (κ2) is 7.60. The monoisotopic (exact) mass is 338 g/mol. The van der Waals surface area contributed by atoms with Crippen molar-refractivity contribution in [2.75, 3.05) is 0 Å². The molecule has 0 bridgehead atoms. The van der Waals surface area contributed by atoms with E-state index < -0.39 is 0 Å². The molecule has 1 heteroatoms. The summed E-state index contributed by atoms with van der Waals surface area (Å²) in [5, 5.41) is 0. The molecule has 0 saturated heterocycles. The molecule has 0 fully saturated rings. The normalized spacial score (nSPS) is 13.7. The van der Waals surface area contributed by atoms with Crippen LogP contribution >= 0.6 is 0 Å². The molecule has 0 saturated carbocycles. The lowest BCUT2D eigenvalue weighted by Crippen LogP contribution is -2.12. The van der Waals surface area contributed by atoms with Crippen LogP contribution in [-0.4, -0.2) is 6.10 Å². The standard InChI is InChI=1S/C25H22O/c1-2-20(26-18-19-10-4-3-5-11-19)16-17-25-23-14-8-6-12-21(23)22-13-7-9-15-24(22)25/h1,3-15,20,25H,16-18H2. The molecule has 0 N–H and O–H groups in total. The molecule has 0 radical (unpaired) electrons. The van der Waals surface area contributed by atoms with Crippen molar-refractivity contribution in [3.63, 3.8) is 0 Å². The molecule has 3 aromatic rings. The van der Waals surface area contributed by atoms with Gasteiger partial charge in [-0.05, 0) is 40.7 Å². The van der Waals surface area contributed by atoms with Gasteiger partial charge in [-0.1, -0.05) is 84.8 Å². The van der Waals surface area contributed by atoms with Crippen molar-refractivity contribution in [1.82, 2.24) is 0 Å². The number of benzene rings is 3. The minimum Gasteiger partial charge on any atom is -0.361 e. The van der Waals surface area contributed by atoms with Gasteiger partial charge >= 0.3 is 0 Å². The lowest BCUT2D eigenvalue weighted by Gasteiger charge is -2.17. The second-order valence-electron chi connectivity index (χ2n) is 6.76. The first-order valence-electron chi connectivity index (χ1n) is 9.16. The van der Waals surface area contributed by atoms with Crippen LogP contribution in [0.1, 0.15) is 35.4 Å². The first-order chi connectivity index (χ1) is 12.9. The smallest absolute Gasteiger partial charge is 0.118 e. The third-order valence-corrected chi connectivity index (χ3v) is 5.16. The summed E-state index contributed by atoms with van der Waals surface area (Å²) >= 11 is 0. The van der Waals surface area contributed by atoms with Crippen molar-refractivity contribution >= 4 is 0 Å². The molecular formula is C25H22O. The maximum Gasteiger partial charge on any atom is 0.118 e. The highest BCUT2D eigenvalue weighted by molar-refractivity contribution is 5.78. The third kappa shape index (κ3) is 3.29. The first kappa shape index (κ1) is 16.6.